The number of para-hydroxylation sites is 1. The minimum atomic E-state index is -0.354. The maximum Gasteiger partial charge on any atom is 0.328 e. The van der Waals surface area contributed by atoms with E-state index in [0.717, 1.165) is 62.0 Å². The standard InChI is InChI=1S/C49H58N10O3/c50-46-43(25-42(53-54-46)39-5-1-2-6-44(39)60)57-18-3-4-35(30-57)33-9-11-36(12-10-33)56-19-13-32(14-20-56)29-55-22-16-49(17-23-55)26-38(27-49)59-31-41(34-7-8-34)40-24-37(28-51-47(40)59)58-21-15-45(61)52-48(58)62/h1-2,5-6,9-12,24-25,28,31-32,34-35,38,60H,3-4,7-8,13-23,26-27,29-30H2,(H2,50,54)(H,52,61,62)/t35-/m0/s1. The first kappa shape index (κ1) is 39.2. The molecule has 2 aromatic carbocycles. The van der Waals surface area contributed by atoms with Crippen molar-refractivity contribution in [2.75, 3.05) is 72.8 Å². The monoisotopic (exact) mass is 834 g/mol. The molecule has 4 N–H and O–H groups in total. The Balaban J connectivity index is 0.657. The number of nitrogens with zero attached hydrogens (tertiary/aromatic N) is 8. The summed E-state index contributed by atoms with van der Waals surface area (Å²) >= 11 is 0. The van der Waals surface area contributed by atoms with Gasteiger partial charge in [-0.2, -0.15) is 0 Å². The van der Waals surface area contributed by atoms with Crippen molar-refractivity contribution in [1.29, 1.82) is 0 Å². The predicted octanol–water partition coefficient (Wildman–Crippen LogP) is 7.82. The Labute approximate surface area is 363 Å². The van der Waals surface area contributed by atoms with Crippen LogP contribution in [0.15, 0.2) is 73.1 Å². The zero-order chi connectivity index (χ0) is 42.0. The van der Waals surface area contributed by atoms with Gasteiger partial charge in [-0.25, -0.2) is 9.78 Å². The number of pyridine rings is 1. The van der Waals surface area contributed by atoms with Gasteiger partial charge in [0.15, 0.2) is 5.82 Å². The molecule has 1 atom stereocenters. The molecule has 13 nitrogen and oxygen atoms in total. The number of hydrogen-bond donors (Lipinski definition) is 3. The van der Waals surface area contributed by atoms with E-state index in [-0.39, 0.29) is 17.7 Å². The summed E-state index contributed by atoms with van der Waals surface area (Å²) in [4.78, 5) is 38.6. The molecule has 6 fully saturated rings. The Morgan fingerprint density at radius 3 is 2.37 bits per heavy atom. The van der Waals surface area contributed by atoms with Gasteiger partial charge in [0.25, 0.3) is 0 Å². The number of imide groups is 1. The number of rotatable bonds is 9. The molecular weight excluding hydrogens is 777 g/mol. The molecule has 3 amide bonds. The van der Waals surface area contributed by atoms with Crippen LogP contribution in [0.1, 0.15) is 99.6 Å². The number of amides is 3. The van der Waals surface area contributed by atoms with Gasteiger partial charge in [0.05, 0.1) is 23.3 Å². The fourth-order valence-electron chi connectivity index (χ4n) is 11.5. The normalized spacial score (nSPS) is 22.6. The van der Waals surface area contributed by atoms with Crippen molar-refractivity contribution in [3.05, 3.63) is 84.2 Å². The summed E-state index contributed by atoms with van der Waals surface area (Å²) in [6.07, 6.45) is 16.7. The molecule has 0 bridgehead atoms. The molecule has 4 saturated heterocycles. The summed E-state index contributed by atoms with van der Waals surface area (Å²) in [6.45, 7) is 8.04. The number of aromatic hydroxyl groups is 1. The SMILES string of the molecule is Nc1nnc(-c2ccccc2O)cc1N1CCC[C@H](c2ccc(N3CCC(CN4CCC5(CC4)CC(n4cc(C6CC6)c6cc(N7CCC(=O)NC7=O)cnc64)C5)CC3)cc2)C1. The Hall–Kier alpha value is -5.69. The quantitative estimate of drug-likeness (QED) is 0.134. The number of phenols is 1. The number of urea groups is 1. The molecule has 3 aromatic heterocycles. The number of phenolic OH excluding ortho intramolecular Hbond substituents is 1. The molecular formula is C49H58N10O3. The van der Waals surface area contributed by atoms with Gasteiger partial charge >= 0.3 is 6.03 Å². The third-order valence-corrected chi connectivity index (χ3v) is 15.3. The van der Waals surface area contributed by atoms with Crippen LogP contribution < -0.4 is 25.8 Å². The van der Waals surface area contributed by atoms with E-state index in [4.69, 9.17) is 10.7 Å². The Kier molecular flexibility index (Phi) is 10.0. The van der Waals surface area contributed by atoms with Crippen LogP contribution in [-0.2, 0) is 4.79 Å². The molecule has 322 valence electrons. The number of fused-ring (bicyclic) bond motifs is 1. The van der Waals surface area contributed by atoms with Gasteiger partial charge in [-0.05, 0) is 142 Å². The number of anilines is 4. The fourth-order valence-corrected chi connectivity index (χ4v) is 11.5. The summed E-state index contributed by atoms with van der Waals surface area (Å²) in [7, 11) is 0. The summed E-state index contributed by atoms with van der Waals surface area (Å²) in [6, 6.07) is 20.8. The summed E-state index contributed by atoms with van der Waals surface area (Å²) < 4.78 is 2.46. The highest BCUT2D eigenvalue weighted by atomic mass is 16.3. The van der Waals surface area contributed by atoms with Gasteiger partial charge in [0.1, 0.15) is 11.4 Å². The van der Waals surface area contributed by atoms with Gasteiger partial charge in [0.2, 0.25) is 5.91 Å². The smallest absolute Gasteiger partial charge is 0.328 e. The van der Waals surface area contributed by atoms with Gasteiger partial charge in [-0.1, -0.05) is 24.3 Å². The van der Waals surface area contributed by atoms with Crippen LogP contribution in [-0.4, -0.2) is 94.1 Å². The van der Waals surface area contributed by atoms with E-state index in [1.807, 2.05) is 30.5 Å². The number of aromatic nitrogens is 4. The van der Waals surface area contributed by atoms with Crippen LogP contribution in [0.3, 0.4) is 0 Å². The number of carbonyl (C=O) groups excluding carboxylic acids is 2. The lowest BCUT2D eigenvalue weighted by Crippen LogP contribution is -2.49. The minimum absolute atomic E-state index is 0.187. The molecule has 0 unspecified atom stereocenters. The van der Waals surface area contributed by atoms with Crippen LogP contribution in [0.2, 0.25) is 0 Å². The van der Waals surface area contributed by atoms with Crippen molar-refractivity contribution in [3.8, 4) is 17.0 Å². The maximum absolute atomic E-state index is 12.6. The molecule has 2 aliphatic carbocycles. The van der Waals surface area contributed by atoms with Crippen molar-refractivity contribution in [1.82, 2.24) is 30.0 Å². The van der Waals surface area contributed by atoms with Crippen molar-refractivity contribution in [2.24, 2.45) is 11.3 Å². The van der Waals surface area contributed by atoms with E-state index in [9.17, 15) is 14.7 Å². The molecule has 13 heteroatoms. The number of nitrogens with two attached hydrogens (primary N) is 1. The lowest BCUT2D eigenvalue weighted by atomic mass is 9.60. The molecule has 62 heavy (non-hydrogen) atoms. The van der Waals surface area contributed by atoms with Crippen LogP contribution in [0.4, 0.5) is 27.7 Å². The average Bonchev–Trinajstić information content (AvgIpc) is 4.07. The number of nitrogens with one attached hydrogen (secondary N) is 1. The molecule has 11 rings (SSSR count). The summed E-state index contributed by atoms with van der Waals surface area (Å²) in [5, 5.41) is 22.6. The predicted molar refractivity (Wildman–Crippen MR) is 243 cm³/mol. The van der Waals surface area contributed by atoms with Crippen LogP contribution in [0, 0.1) is 11.3 Å². The summed E-state index contributed by atoms with van der Waals surface area (Å²) in [5.41, 5.74) is 14.9. The highest BCUT2D eigenvalue weighted by Crippen LogP contribution is 2.56. The van der Waals surface area contributed by atoms with Gasteiger partial charge in [-0.3, -0.25) is 15.0 Å². The van der Waals surface area contributed by atoms with E-state index in [1.54, 1.807) is 11.0 Å². The van der Waals surface area contributed by atoms with E-state index in [2.05, 4.69) is 71.3 Å². The van der Waals surface area contributed by atoms with Crippen LogP contribution >= 0.6 is 0 Å². The van der Waals surface area contributed by atoms with Crippen molar-refractivity contribution >= 4 is 45.9 Å². The molecule has 6 aliphatic rings. The van der Waals surface area contributed by atoms with Crippen molar-refractivity contribution in [3.63, 3.8) is 0 Å². The Morgan fingerprint density at radius 1 is 0.823 bits per heavy atom. The van der Waals surface area contributed by atoms with Crippen molar-refractivity contribution in [2.45, 2.75) is 88.5 Å². The van der Waals surface area contributed by atoms with Crippen molar-refractivity contribution < 1.29 is 14.7 Å². The highest BCUT2D eigenvalue weighted by molar-refractivity contribution is 6.06. The zero-order valence-electron chi connectivity index (χ0n) is 35.6. The molecule has 5 aromatic rings. The number of piperidine rings is 3. The number of carbonyl (C=O) groups is 2. The number of likely N-dealkylation sites (tertiary alicyclic amines) is 1. The topological polar surface area (TPSA) is 149 Å². The van der Waals surface area contributed by atoms with Gasteiger partial charge in [-0.15, -0.1) is 10.2 Å². The summed E-state index contributed by atoms with van der Waals surface area (Å²) in [5.74, 6) is 2.14. The second kappa shape index (κ2) is 15.9. The molecule has 2 saturated carbocycles. The van der Waals surface area contributed by atoms with E-state index in [1.165, 1.54) is 93.2 Å². The lowest BCUT2D eigenvalue weighted by Gasteiger charge is -2.53. The van der Waals surface area contributed by atoms with E-state index >= 15 is 0 Å². The number of nitrogen functional groups attached to an aromatic ring is 1. The molecule has 1 spiro atoms. The van der Waals surface area contributed by atoms with Gasteiger partial charge < -0.3 is 30.1 Å². The first-order valence-corrected chi connectivity index (χ1v) is 23.1. The molecule has 7 heterocycles. The molecule has 0 radical (unpaired) electrons. The van der Waals surface area contributed by atoms with Crippen LogP contribution in [0.25, 0.3) is 22.3 Å². The Bertz CT molecular complexity index is 2480. The van der Waals surface area contributed by atoms with E-state index < -0.39 is 0 Å². The first-order valence-electron chi connectivity index (χ1n) is 23.1. The Morgan fingerprint density at radius 2 is 1.61 bits per heavy atom. The largest absolute Gasteiger partial charge is 0.507 e. The lowest BCUT2D eigenvalue weighted by molar-refractivity contribution is -0.120. The number of hydrogen-bond acceptors (Lipinski definition) is 10. The minimum Gasteiger partial charge on any atom is -0.507 e. The zero-order valence-corrected chi connectivity index (χ0v) is 35.6. The first-order chi connectivity index (χ1) is 30.3. The second-order valence-electron chi connectivity index (χ2n) is 19.3. The third-order valence-electron chi connectivity index (χ3n) is 15.3. The van der Waals surface area contributed by atoms with Crippen LogP contribution in [0.5, 0.6) is 5.75 Å². The third kappa shape index (κ3) is 7.52. The fraction of sp³-hybridized carbons (Fsp3) is 0.490. The highest BCUT2D eigenvalue weighted by Gasteiger charge is 2.47. The average molecular weight is 835 g/mol. The maximum atomic E-state index is 12.6. The van der Waals surface area contributed by atoms with Gasteiger partial charge in [0, 0.05) is 80.5 Å². The number of benzene rings is 2. The molecule has 4 aliphatic heterocycles. The second-order valence-corrected chi connectivity index (χ2v) is 19.3. The van der Waals surface area contributed by atoms with E-state index in [0.29, 0.717) is 53.3 Å².